The van der Waals surface area contributed by atoms with Gasteiger partial charge in [0.05, 0.1) is 6.10 Å². The van der Waals surface area contributed by atoms with E-state index < -0.39 is 0 Å². The summed E-state index contributed by atoms with van der Waals surface area (Å²) in [6, 6.07) is 10.7. The van der Waals surface area contributed by atoms with Crippen LogP contribution in [0.5, 0.6) is 0 Å². The van der Waals surface area contributed by atoms with E-state index in [1.54, 1.807) is 19.0 Å². The van der Waals surface area contributed by atoms with E-state index in [4.69, 9.17) is 4.74 Å². The molecule has 2 aliphatic heterocycles. The van der Waals surface area contributed by atoms with Crippen LogP contribution in [0.1, 0.15) is 37.2 Å². The van der Waals surface area contributed by atoms with Gasteiger partial charge in [-0.15, -0.1) is 24.0 Å². The highest BCUT2D eigenvalue weighted by atomic mass is 127. The largest absolute Gasteiger partial charge is 0.376 e. The number of nitrogens with one attached hydrogen (secondary N) is 1. The van der Waals surface area contributed by atoms with Gasteiger partial charge in [-0.3, -0.25) is 4.79 Å². The molecule has 0 radical (unpaired) electrons. The molecule has 0 bridgehead atoms. The molecule has 28 heavy (non-hydrogen) atoms. The number of carbonyl (C=O) groups is 1. The van der Waals surface area contributed by atoms with Crippen LogP contribution in [-0.4, -0.2) is 74.7 Å². The van der Waals surface area contributed by atoms with Gasteiger partial charge in [-0.1, -0.05) is 30.3 Å². The smallest absolute Gasteiger partial charge is 0.243 e. The number of likely N-dealkylation sites (tertiary alicyclic amines) is 1. The van der Waals surface area contributed by atoms with Crippen molar-refractivity contribution in [3.05, 3.63) is 35.9 Å². The van der Waals surface area contributed by atoms with Gasteiger partial charge >= 0.3 is 0 Å². The highest BCUT2D eigenvalue weighted by Gasteiger charge is 2.27. The summed E-state index contributed by atoms with van der Waals surface area (Å²) in [5, 5.41) is 3.48. The molecule has 1 amide bonds. The predicted molar refractivity (Wildman–Crippen MR) is 123 cm³/mol. The minimum atomic E-state index is 0. The van der Waals surface area contributed by atoms with E-state index in [0.717, 1.165) is 51.5 Å². The Hall–Kier alpha value is -1.35. The van der Waals surface area contributed by atoms with E-state index >= 15 is 0 Å². The third-order valence-electron chi connectivity index (χ3n) is 5.38. The van der Waals surface area contributed by atoms with E-state index in [9.17, 15) is 4.79 Å². The van der Waals surface area contributed by atoms with Crippen molar-refractivity contribution < 1.29 is 9.53 Å². The molecular formula is C21H33IN4O2. The SMILES string of the molecule is CN(C)C(=O)CN=C(NCC1CCCCO1)N1CCC(c2ccccc2)C1.I. The summed E-state index contributed by atoms with van der Waals surface area (Å²) in [5.74, 6) is 1.36. The maximum absolute atomic E-state index is 12.0. The van der Waals surface area contributed by atoms with E-state index in [1.165, 1.54) is 12.0 Å². The molecule has 1 N–H and O–H groups in total. The Bertz CT molecular complexity index is 633. The van der Waals surface area contributed by atoms with Crippen molar-refractivity contribution in [2.45, 2.75) is 37.7 Å². The number of hydrogen-bond acceptors (Lipinski definition) is 3. The monoisotopic (exact) mass is 500 g/mol. The van der Waals surface area contributed by atoms with Crippen LogP contribution in [0.3, 0.4) is 0 Å². The van der Waals surface area contributed by atoms with Crippen LogP contribution in [0.2, 0.25) is 0 Å². The molecule has 156 valence electrons. The number of likely N-dealkylation sites (N-methyl/N-ethyl adjacent to an activating group) is 1. The second-order valence-electron chi connectivity index (χ2n) is 7.64. The van der Waals surface area contributed by atoms with E-state index in [-0.39, 0.29) is 42.5 Å². The number of aliphatic imine (C=N–C) groups is 1. The first-order chi connectivity index (χ1) is 13.1. The van der Waals surface area contributed by atoms with Crippen molar-refractivity contribution in [2.24, 2.45) is 4.99 Å². The lowest BCUT2D eigenvalue weighted by atomic mass is 9.99. The van der Waals surface area contributed by atoms with Crippen molar-refractivity contribution in [3.63, 3.8) is 0 Å². The second kappa shape index (κ2) is 11.6. The maximum atomic E-state index is 12.0. The van der Waals surface area contributed by atoms with Gasteiger partial charge in [0.2, 0.25) is 5.91 Å². The van der Waals surface area contributed by atoms with Gasteiger partial charge in [0, 0.05) is 46.3 Å². The first-order valence-corrected chi connectivity index (χ1v) is 10.0. The normalized spacial score (nSPS) is 22.5. The zero-order valence-electron chi connectivity index (χ0n) is 17.0. The summed E-state index contributed by atoms with van der Waals surface area (Å²) >= 11 is 0. The van der Waals surface area contributed by atoms with E-state index in [1.807, 2.05) is 0 Å². The van der Waals surface area contributed by atoms with Crippen LogP contribution in [0, 0.1) is 0 Å². The summed E-state index contributed by atoms with van der Waals surface area (Å²) in [5.41, 5.74) is 1.37. The number of nitrogens with zero attached hydrogens (tertiary/aromatic N) is 3. The number of rotatable bonds is 5. The Morgan fingerprint density at radius 1 is 1.25 bits per heavy atom. The zero-order chi connectivity index (χ0) is 19.1. The quantitative estimate of drug-likeness (QED) is 0.384. The Kier molecular flexibility index (Phi) is 9.50. The molecule has 2 unspecified atom stereocenters. The fraction of sp³-hybridized carbons (Fsp3) is 0.619. The minimum absolute atomic E-state index is 0. The maximum Gasteiger partial charge on any atom is 0.243 e. The number of carbonyl (C=O) groups excluding carboxylic acids is 1. The number of amides is 1. The van der Waals surface area contributed by atoms with Gasteiger partial charge in [-0.05, 0) is 31.2 Å². The molecule has 0 saturated carbocycles. The Labute approximate surface area is 185 Å². The number of ether oxygens (including phenoxy) is 1. The molecule has 6 nitrogen and oxygen atoms in total. The average Bonchev–Trinajstić information content (AvgIpc) is 3.19. The first-order valence-electron chi connectivity index (χ1n) is 10.0. The molecule has 2 heterocycles. The summed E-state index contributed by atoms with van der Waals surface area (Å²) in [7, 11) is 3.53. The molecule has 2 aliphatic rings. The van der Waals surface area contributed by atoms with Crippen LogP contribution in [0.4, 0.5) is 0 Å². The molecule has 3 rings (SSSR count). The van der Waals surface area contributed by atoms with Crippen molar-refractivity contribution >= 4 is 35.8 Å². The lowest BCUT2D eigenvalue weighted by Crippen LogP contribution is -2.44. The Morgan fingerprint density at radius 3 is 2.71 bits per heavy atom. The molecule has 1 aromatic rings. The molecule has 0 aliphatic carbocycles. The topological polar surface area (TPSA) is 57.2 Å². The van der Waals surface area contributed by atoms with Crippen LogP contribution < -0.4 is 5.32 Å². The number of hydrogen-bond donors (Lipinski definition) is 1. The lowest BCUT2D eigenvalue weighted by molar-refractivity contribution is -0.127. The summed E-state index contributed by atoms with van der Waals surface area (Å²) in [4.78, 5) is 20.5. The molecule has 0 spiro atoms. The van der Waals surface area contributed by atoms with Crippen LogP contribution in [0.15, 0.2) is 35.3 Å². The highest BCUT2D eigenvalue weighted by Crippen LogP contribution is 2.27. The van der Waals surface area contributed by atoms with Gasteiger partial charge < -0.3 is 19.9 Å². The van der Waals surface area contributed by atoms with Gasteiger partial charge in [-0.25, -0.2) is 4.99 Å². The molecular weight excluding hydrogens is 467 g/mol. The summed E-state index contributed by atoms with van der Waals surface area (Å²) in [6.45, 7) is 3.65. The van der Waals surface area contributed by atoms with Gasteiger partial charge in [0.1, 0.15) is 6.54 Å². The Morgan fingerprint density at radius 2 is 2.04 bits per heavy atom. The van der Waals surface area contributed by atoms with E-state index in [2.05, 4.69) is 45.5 Å². The first kappa shape index (κ1) is 22.9. The molecule has 7 heteroatoms. The highest BCUT2D eigenvalue weighted by molar-refractivity contribution is 14.0. The summed E-state index contributed by atoms with van der Waals surface area (Å²) in [6.07, 6.45) is 4.80. The second-order valence-corrected chi connectivity index (χ2v) is 7.64. The molecule has 2 saturated heterocycles. The number of halogens is 1. The molecule has 2 atom stereocenters. The fourth-order valence-corrected chi connectivity index (χ4v) is 3.68. The van der Waals surface area contributed by atoms with Gasteiger partial charge in [0.25, 0.3) is 0 Å². The summed E-state index contributed by atoms with van der Waals surface area (Å²) < 4.78 is 5.83. The number of guanidine groups is 1. The lowest BCUT2D eigenvalue weighted by Gasteiger charge is -2.27. The molecule has 1 aromatic carbocycles. The Balaban J connectivity index is 0.00000280. The van der Waals surface area contributed by atoms with Crippen molar-refractivity contribution in [2.75, 3.05) is 46.9 Å². The van der Waals surface area contributed by atoms with Crippen molar-refractivity contribution in [3.8, 4) is 0 Å². The average molecular weight is 500 g/mol. The van der Waals surface area contributed by atoms with Gasteiger partial charge in [0.15, 0.2) is 5.96 Å². The van der Waals surface area contributed by atoms with Crippen LogP contribution >= 0.6 is 24.0 Å². The van der Waals surface area contributed by atoms with Crippen LogP contribution in [-0.2, 0) is 9.53 Å². The molecule has 2 fully saturated rings. The van der Waals surface area contributed by atoms with Gasteiger partial charge in [-0.2, -0.15) is 0 Å². The van der Waals surface area contributed by atoms with Crippen LogP contribution in [0.25, 0.3) is 0 Å². The standard InChI is InChI=1S/C21H32N4O2.HI/c1-24(2)20(26)15-23-21(22-14-19-10-6-7-13-27-19)25-12-11-18(16-25)17-8-4-3-5-9-17;/h3-5,8-9,18-19H,6-7,10-16H2,1-2H3,(H,22,23);1H. The molecule has 0 aromatic heterocycles. The van der Waals surface area contributed by atoms with Crippen molar-refractivity contribution in [1.82, 2.24) is 15.1 Å². The predicted octanol–water partition coefficient (Wildman–Crippen LogP) is 2.70. The van der Waals surface area contributed by atoms with E-state index in [0.29, 0.717) is 5.92 Å². The zero-order valence-corrected chi connectivity index (χ0v) is 19.3. The third-order valence-corrected chi connectivity index (χ3v) is 5.38. The number of benzene rings is 1. The third kappa shape index (κ3) is 6.62. The fourth-order valence-electron chi connectivity index (χ4n) is 3.68. The van der Waals surface area contributed by atoms with Crippen molar-refractivity contribution in [1.29, 1.82) is 0 Å². The minimum Gasteiger partial charge on any atom is -0.376 e.